The fourth-order valence-corrected chi connectivity index (χ4v) is 2.84. The highest BCUT2D eigenvalue weighted by Crippen LogP contribution is 2.21. The number of morpholine rings is 1. The molecule has 22 heavy (non-hydrogen) atoms. The van der Waals surface area contributed by atoms with Crippen LogP contribution in [0.15, 0.2) is 12.1 Å². The van der Waals surface area contributed by atoms with Gasteiger partial charge >= 0.3 is 0 Å². The van der Waals surface area contributed by atoms with Crippen LogP contribution in [0.3, 0.4) is 0 Å². The SMILES string of the molecule is CC[C@@](C)(CNc1ccc2nnc(C)n2n1)N1CCOCC1. The van der Waals surface area contributed by atoms with E-state index in [9.17, 15) is 0 Å². The maximum Gasteiger partial charge on any atom is 0.178 e. The molecule has 1 N–H and O–H groups in total. The van der Waals surface area contributed by atoms with E-state index in [1.54, 1.807) is 4.52 Å². The first kappa shape index (κ1) is 15.2. The number of nitrogens with one attached hydrogen (secondary N) is 1. The predicted octanol–water partition coefficient (Wildman–Crippen LogP) is 1.35. The molecule has 3 rings (SSSR count). The minimum Gasteiger partial charge on any atom is -0.379 e. The molecule has 0 radical (unpaired) electrons. The Kier molecular flexibility index (Phi) is 4.26. The van der Waals surface area contributed by atoms with Crippen molar-refractivity contribution in [2.45, 2.75) is 32.7 Å². The largest absolute Gasteiger partial charge is 0.379 e. The van der Waals surface area contributed by atoms with Gasteiger partial charge in [0.15, 0.2) is 11.5 Å². The first-order valence-corrected chi connectivity index (χ1v) is 7.88. The zero-order valence-electron chi connectivity index (χ0n) is 13.5. The standard InChI is InChI=1S/C15H24N6O/c1-4-15(3,20-7-9-22-10-8-20)11-16-13-5-6-14-18-17-12(2)21(14)19-13/h5-6H,4,7-11H2,1-3H3,(H,16,19)/t15-/m0/s1. The van der Waals surface area contributed by atoms with Gasteiger partial charge < -0.3 is 10.1 Å². The lowest BCUT2D eigenvalue weighted by molar-refractivity contribution is -0.0131. The quantitative estimate of drug-likeness (QED) is 0.899. The fourth-order valence-electron chi connectivity index (χ4n) is 2.84. The molecular formula is C15H24N6O. The van der Waals surface area contributed by atoms with E-state index in [0.717, 1.165) is 56.6 Å². The minimum atomic E-state index is 0.0999. The number of hydrogen-bond donors (Lipinski definition) is 1. The molecule has 1 saturated heterocycles. The van der Waals surface area contributed by atoms with Gasteiger partial charge in [-0.3, -0.25) is 4.90 Å². The van der Waals surface area contributed by atoms with Gasteiger partial charge in [-0.1, -0.05) is 6.92 Å². The van der Waals surface area contributed by atoms with Crippen LogP contribution in [-0.2, 0) is 4.74 Å². The lowest BCUT2D eigenvalue weighted by atomic mass is 9.95. The summed E-state index contributed by atoms with van der Waals surface area (Å²) in [6, 6.07) is 3.90. The third kappa shape index (κ3) is 2.91. The van der Waals surface area contributed by atoms with Crippen molar-refractivity contribution in [2.75, 3.05) is 38.2 Å². The summed E-state index contributed by atoms with van der Waals surface area (Å²) in [7, 11) is 0. The van der Waals surface area contributed by atoms with Gasteiger partial charge in [-0.2, -0.15) is 4.52 Å². The lowest BCUT2D eigenvalue weighted by Crippen LogP contribution is -2.55. The molecule has 7 nitrogen and oxygen atoms in total. The van der Waals surface area contributed by atoms with E-state index in [1.807, 2.05) is 19.1 Å². The highest BCUT2D eigenvalue weighted by Gasteiger charge is 2.31. The van der Waals surface area contributed by atoms with Gasteiger partial charge in [0.1, 0.15) is 5.82 Å². The van der Waals surface area contributed by atoms with E-state index in [2.05, 4.69) is 39.4 Å². The van der Waals surface area contributed by atoms with E-state index >= 15 is 0 Å². The predicted molar refractivity (Wildman–Crippen MR) is 85.1 cm³/mol. The second-order valence-corrected chi connectivity index (χ2v) is 6.04. The summed E-state index contributed by atoms with van der Waals surface area (Å²) in [4.78, 5) is 2.51. The van der Waals surface area contributed by atoms with Gasteiger partial charge in [-0.25, -0.2) is 0 Å². The zero-order chi connectivity index (χ0) is 15.6. The molecular weight excluding hydrogens is 280 g/mol. The third-order valence-corrected chi connectivity index (χ3v) is 4.61. The van der Waals surface area contributed by atoms with Crippen molar-refractivity contribution in [3.63, 3.8) is 0 Å². The van der Waals surface area contributed by atoms with E-state index < -0.39 is 0 Å². The van der Waals surface area contributed by atoms with Gasteiger partial charge in [0.2, 0.25) is 0 Å². The molecule has 0 unspecified atom stereocenters. The molecule has 0 aromatic carbocycles. The molecule has 3 heterocycles. The number of anilines is 1. The zero-order valence-corrected chi connectivity index (χ0v) is 13.5. The number of aryl methyl sites for hydroxylation is 1. The van der Waals surface area contributed by atoms with Crippen LogP contribution in [0, 0.1) is 6.92 Å². The van der Waals surface area contributed by atoms with Crippen molar-refractivity contribution in [3.8, 4) is 0 Å². The molecule has 0 amide bonds. The molecule has 2 aromatic rings. The average molecular weight is 304 g/mol. The normalized spacial score (nSPS) is 19.2. The Hall–Kier alpha value is -1.73. The summed E-state index contributed by atoms with van der Waals surface area (Å²) in [5.74, 6) is 1.65. The Bertz CT molecular complexity index is 636. The first-order chi connectivity index (χ1) is 10.6. The number of ether oxygens (including phenoxy) is 1. The summed E-state index contributed by atoms with van der Waals surface area (Å²) in [5.41, 5.74) is 0.873. The van der Waals surface area contributed by atoms with Gasteiger partial charge in [0.05, 0.1) is 13.2 Å². The van der Waals surface area contributed by atoms with Crippen molar-refractivity contribution < 1.29 is 4.74 Å². The van der Waals surface area contributed by atoms with E-state index in [1.165, 1.54) is 0 Å². The summed E-state index contributed by atoms with van der Waals surface area (Å²) in [6.45, 7) is 10.9. The van der Waals surface area contributed by atoms with Crippen molar-refractivity contribution in [2.24, 2.45) is 0 Å². The van der Waals surface area contributed by atoms with Crippen LogP contribution < -0.4 is 5.32 Å². The van der Waals surface area contributed by atoms with Crippen LogP contribution in [-0.4, -0.2) is 63.1 Å². The van der Waals surface area contributed by atoms with E-state index in [-0.39, 0.29) is 5.54 Å². The van der Waals surface area contributed by atoms with Crippen LogP contribution in [0.5, 0.6) is 0 Å². The Morgan fingerprint density at radius 3 is 2.77 bits per heavy atom. The van der Waals surface area contributed by atoms with Crippen molar-refractivity contribution in [1.29, 1.82) is 0 Å². The topological polar surface area (TPSA) is 67.6 Å². The molecule has 1 aliphatic heterocycles. The van der Waals surface area contributed by atoms with E-state index in [0.29, 0.717) is 0 Å². The van der Waals surface area contributed by atoms with Gasteiger partial charge in [-0.15, -0.1) is 15.3 Å². The number of nitrogens with zero attached hydrogens (tertiary/aromatic N) is 5. The summed E-state index contributed by atoms with van der Waals surface area (Å²) < 4.78 is 7.23. The highest BCUT2D eigenvalue weighted by molar-refractivity contribution is 5.44. The molecule has 0 aliphatic carbocycles. The van der Waals surface area contributed by atoms with Crippen LogP contribution >= 0.6 is 0 Å². The molecule has 0 bridgehead atoms. The summed E-state index contributed by atoms with van der Waals surface area (Å²) in [5, 5.41) is 16.1. The Labute approximate surface area is 130 Å². The molecule has 1 aliphatic rings. The lowest BCUT2D eigenvalue weighted by Gasteiger charge is -2.43. The van der Waals surface area contributed by atoms with Gasteiger partial charge in [0.25, 0.3) is 0 Å². The van der Waals surface area contributed by atoms with E-state index in [4.69, 9.17) is 4.74 Å². The second kappa shape index (κ2) is 6.18. The minimum absolute atomic E-state index is 0.0999. The Balaban J connectivity index is 1.71. The molecule has 120 valence electrons. The van der Waals surface area contributed by atoms with Gasteiger partial charge in [0, 0.05) is 25.2 Å². The van der Waals surface area contributed by atoms with Crippen molar-refractivity contribution in [3.05, 3.63) is 18.0 Å². The Morgan fingerprint density at radius 1 is 1.27 bits per heavy atom. The summed E-state index contributed by atoms with van der Waals surface area (Å²) in [6.07, 6.45) is 1.08. The maximum atomic E-state index is 5.46. The molecule has 0 saturated carbocycles. The van der Waals surface area contributed by atoms with Crippen LogP contribution in [0.4, 0.5) is 5.82 Å². The molecule has 1 fully saturated rings. The number of rotatable bonds is 5. The maximum absolute atomic E-state index is 5.46. The van der Waals surface area contributed by atoms with Crippen LogP contribution in [0.25, 0.3) is 5.65 Å². The molecule has 1 atom stereocenters. The highest BCUT2D eigenvalue weighted by atomic mass is 16.5. The van der Waals surface area contributed by atoms with Crippen molar-refractivity contribution >= 4 is 11.5 Å². The smallest absolute Gasteiger partial charge is 0.178 e. The third-order valence-electron chi connectivity index (χ3n) is 4.61. The van der Waals surface area contributed by atoms with Crippen LogP contribution in [0.1, 0.15) is 26.1 Å². The molecule has 0 spiro atoms. The molecule has 7 heteroatoms. The average Bonchev–Trinajstić information content (AvgIpc) is 2.94. The van der Waals surface area contributed by atoms with Gasteiger partial charge in [-0.05, 0) is 32.4 Å². The summed E-state index contributed by atoms with van der Waals surface area (Å²) >= 11 is 0. The Morgan fingerprint density at radius 2 is 2.05 bits per heavy atom. The number of aromatic nitrogens is 4. The number of hydrogen-bond acceptors (Lipinski definition) is 6. The second-order valence-electron chi connectivity index (χ2n) is 6.04. The van der Waals surface area contributed by atoms with Crippen LogP contribution in [0.2, 0.25) is 0 Å². The number of fused-ring (bicyclic) bond motifs is 1. The van der Waals surface area contributed by atoms with Crippen molar-refractivity contribution in [1.82, 2.24) is 24.7 Å². The fraction of sp³-hybridized carbons (Fsp3) is 0.667. The first-order valence-electron chi connectivity index (χ1n) is 7.88. The molecule has 2 aromatic heterocycles. The monoisotopic (exact) mass is 304 g/mol.